The van der Waals surface area contributed by atoms with Crippen molar-refractivity contribution in [2.24, 2.45) is 0 Å². The van der Waals surface area contributed by atoms with Gasteiger partial charge in [0.15, 0.2) is 0 Å². The van der Waals surface area contributed by atoms with Crippen molar-refractivity contribution in [2.45, 2.75) is 6.54 Å². The molecule has 1 amide bonds. The highest BCUT2D eigenvalue weighted by Gasteiger charge is 2.07. The molecule has 0 saturated heterocycles. The van der Waals surface area contributed by atoms with Gasteiger partial charge in [-0.3, -0.25) is 4.79 Å². The summed E-state index contributed by atoms with van der Waals surface area (Å²) in [6.07, 6.45) is 0. The number of nitrogens with one attached hydrogen (secondary N) is 1. The number of hydrogen-bond donors (Lipinski definition) is 2. The van der Waals surface area contributed by atoms with Crippen molar-refractivity contribution in [3.63, 3.8) is 0 Å². The summed E-state index contributed by atoms with van der Waals surface area (Å²) in [6.45, 7) is 0.311. The predicted molar refractivity (Wildman–Crippen MR) is 78.4 cm³/mol. The highest BCUT2D eigenvalue weighted by molar-refractivity contribution is 14.1. The van der Waals surface area contributed by atoms with E-state index in [1.807, 2.05) is 22.6 Å². The predicted octanol–water partition coefficient (Wildman–Crippen LogP) is 3.07. The van der Waals surface area contributed by atoms with E-state index in [1.54, 1.807) is 24.3 Å². The lowest BCUT2D eigenvalue weighted by atomic mass is 10.2. The Kier molecular flexibility index (Phi) is 4.36. The zero-order chi connectivity index (χ0) is 13.8. The Labute approximate surface area is 123 Å². The first-order chi connectivity index (χ1) is 9.06. The molecule has 0 bridgehead atoms. The Balaban J connectivity index is 2.01. The number of amides is 1. The lowest BCUT2D eigenvalue weighted by Gasteiger charge is -2.06. The molecule has 2 aromatic carbocycles. The number of phenolic OH excluding ortho intramolecular Hbond substituents is 1. The summed E-state index contributed by atoms with van der Waals surface area (Å²) in [5, 5.41) is 12.2. The van der Waals surface area contributed by atoms with Gasteiger partial charge < -0.3 is 10.4 Å². The van der Waals surface area contributed by atoms with Gasteiger partial charge in [0.05, 0.1) is 3.57 Å². The molecule has 0 unspecified atom stereocenters. The maximum absolute atomic E-state index is 12.7. The summed E-state index contributed by atoms with van der Waals surface area (Å²) in [6, 6.07) is 10.6. The SMILES string of the molecule is O=C(NCc1ccc(F)cc1)c1ccc(I)c(O)c1. The topological polar surface area (TPSA) is 49.3 Å². The fourth-order valence-electron chi connectivity index (χ4n) is 1.54. The minimum Gasteiger partial charge on any atom is -0.507 e. The summed E-state index contributed by atoms with van der Waals surface area (Å²) in [5.74, 6) is -0.510. The molecule has 98 valence electrons. The number of rotatable bonds is 3. The standard InChI is InChI=1S/C14H11FINO2/c15-11-4-1-9(2-5-11)8-17-14(19)10-3-6-12(16)13(18)7-10/h1-7,18H,8H2,(H,17,19). The van der Waals surface area contributed by atoms with E-state index in [0.29, 0.717) is 15.7 Å². The Morgan fingerprint density at radius 1 is 1.21 bits per heavy atom. The second-order valence-corrected chi connectivity index (χ2v) is 5.14. The van der Waals surface area contributed by atoms with Crippen molar-refractivity contribution in [1.29, 1.82) is 0 Å². The highest BCUT2D eigenvalue weighted by atomic mass is 127. The molecule has 19 heavy (non-hydrogen) atoms. The van der Waals surface area contributed by atoms with Gasteiger partial charge in [0.1, 0.15) is 11.6 Å². The molecule has 0 aliphatic rings. The molecule has 0 fully saturated rings. The van der Waals surface area contributed by atoms with E-state index in [0.717, 1.165) is 5.56 Å². The van der Waals surface area contributed by atoms with Crippen LogP contribution in [0.15, 0.2) is 42.5 Å². The molecule has 0 spiro atoms. The normalized spacial score (nSPS) is 10.2. The van der Waals surface area contributed by atoms with Crippen LogP contribution in [0, 0.1) is 9.39 Å². The molecule has 0 aliphatic carbocycles. The fraction of sp³-hybridized carbons (Fsp3) is 0.0714. The molecule has 0 aliphatic heterocycles. The van der Waals surface area contributed by atoms with Gasteiger partial charge in [0.25, 0.3) is 5.91 Å². The third kappa shape index (κ3) is 3.66. The van der Waals surface area contributed by atoms with Gasteiger partial charge in [-0.05, 0) is 58.5 Å². The van der Waals surface area contributed by atoms with E-state index in [2.05, 4.69) is 5.32 Å². The van der Waals surface area contributed by atoms with Crippen LogP contribution in [-0.4, -0.2) is 11.0 Å². The molecular formula is C14H11FINO2. The van der Waals surface area contributed by atoms with Gasteiger partial charge in [-0.1, -0.05) is 12.1 Å². The Bertz CT molecular complexity index is 599. The first-order valence-corrected chi connectivity index (χ1v) is 6.65. The summed E-state index contributed by atoms with van der Waals surface area (Å²) < 4.78 is 13.4. The number of benzene rings is 2. The molecule has 0 saturated carbocycles. The second kappa shape index (κ2) is 6.01. The van der Waals surface area contributed by atoms with Crippen LogP contribution < -0.4 is 5.32 Å². The Hall–Kier alpha value is -1.63. The van der Waals surface area contributed by atoms with E-state index in [1.165, 1.54) is 18.2 Å². The van der Waals surface area contributed by atoms with Gasteiger partial charge in [0, 0.05) is 12.1 Å². The van der Waals surface area contributed by atoms with Crippen LogP contribution in [0.4, 0.5) is 4.39 Å². The van der Waals surface area contributed by atoms with Gasteiger partial charge in [0.2, 0.25) is 0 Å². The first-order valence-electron chi connectivity index (χ1n) is 5.57. The lowest BCUT2D eigenvalue weighted by molar-refractivity contribution is 0.0950. The summed E-state index contributed by atoms with van der Waals surface area (Å²) in [4.78, 5) is 11.8. The molecule has 3 nitrogen and oxygen atoms in total. The van der Waals surface area contributed by atoms with Crippen LogP contribution in [0.1, 0.15) is 15.9 Å². The third-order valence-corrected chi connectivity index (χ3v) is 3.49. The molecule has 0 aromatic heterocycles. The van der Waals surface area contributed by atoms with Gasteiger partial charge in [-0.25, -0.2) is 4.39 Å². The summed E-state index contributed by atoms with van der Waals surface area (Å²) in [7, 11) is 0. The number of hydrogen-bond acceptors (Lipinski definition) is 2. The van der Waals surface area contributed by atoms with E-state index in [9.17, 15) is 14.3 Å². The van der Waals surface area contributed by atoms with Crippen LogP contribution in [0.25, 0.3) is 0 Å². The molecule has 0 atom stereocenters. The Morgan fingerprint density at radius 3 is 2.53 bits per heavy atom. The third-order valence-electron chi connectivity index (χ3n) is 2.57. The minimum atomic E-state index is -0.308. The molecule has 2 aromatic rings. The largest absolute Gasteiger partial charge is 0.507 e. The maximum Gasteiger partial charge on any atom is 0.251 e. The summed E-state index contributed by atoms with van der Waals surface area (Å²) in [5.41, 5.74) is 1.20. The smallest absolute Gasteiger partial charge is 0.251 e. The molecule has 0 heterocycles. The zero-order valence-electron chi connectivity index (χ0n) is 9.86. The highest BCUT2D eigenvalue weighted by Crippen LogP contribution is 2.20. The van der Waals surface area contributed by atoms with Crippen LogP contribution >= 0.6 is 22.6 Å². The van der Waals surface area contributed by atoms with Crippen molar-refractivity contribution in [2.75, 3.05) is 0 Å². The molecule has 0 radical (unpaired) electrons. The minimum absolute atomic E-state index is 0.0787. The monoisotopic (exact) mass is 371 g/mol. The van der Waals surface area contributed by atoms with E-state index in [4.69, 9.17) is 0 Å². The van der Waals surface area contributed by atoms with Crippen LogP contribution in [0.3, 0.4) is 0 Å². The Morgan fingerprint density at radius 2 is 1.89 bits per heavy atom. The number of carbonyl (C=O) groups is 1. The molecule has 5 heteroatoms. The van der Waals surface area contributed by atoms with Crippen molar-refractivity contribution in [3.05, 3.63) is 63.0 Å². The molecule has 2 rings (SSSR count). The average molecular weight is 371 g/mol. The van der Waals surface area contributed by atoms with Crippen molar-refractivity contribution in [3.8, 4) is 5.75 Å². The van der Waals surface area contributed by atoms with Crippen molar-refractivity contribution < 1.29 is 14.3 Å². The van der Waals surface area contributed by atoms with E-state index >= 15 is 0 Å². The van der Waals surface area contributed by atoms with Crippen LogP contribution in [0.5, 0.6) is 5.75 Å². The van der Waals surface area contributed by atoms with Crippen LogP contribution in [0.2, 0.25) is 0 Å². The fourth-order valence-corrected chi connectivity index (χ4v) is 1.88. The summed E-state index contributed by atoms with van der Waals surface area (Å²) >= 11 is 1.98. The average Bonchev–Trinajstić information content (AvgIpc) is 2.41. The van der Waals surface area contributed by atoms with E-state index in [-0.39, 0.29) is 17.5 Å². The number of carbonyl (C=O) groups excluding carboxylic acids is 1. The number of halogens is 2. The molecular weight excluding hydrogens is 360 g/mol. The zero-order valence-corrected chi connectivity index (χ0v) is 12.0. The number of aromatic hydroxyl groups is 1. The quantitative estimate of drug-likeness (QED) is 0.815. The first kappa shape index (κ1) is 13.8. The van der Waals surface area contributed by atoms with Gasteiger partial charge in [-0.15, -0.1) is 0 Å². The lowest BCUT2D eigenvalue weighted by Crippen LogP contribution is -2.22. The van der Waals surface area contributed by atoms with Gasteiger partial charge in [-0.2, -0.15) is 0 Å². The van der Waals surface area contributed by atoms with Crippen molar-refractivity contribution in [1.82, 2.24) is 5.32 Å². The van der Waals surface area contributed by atoms with Crippen molar-refractivity contribution >= 4 is 28.5 Å². The van der Waals surface area contributed by atoms with Crippen LogP contribution in [-0.2, 0) is 6.54 Å². The second-order valence-electron chi connectivity index (χ2n) is 3.98. The van der Waals surface area contributed by atoms with Gasteiger partial charge >= 0.3 is 0 Å². The van der Waals surface area contributed by atoms with E-state index < -0.39 is 0 Å². The number of phenols is 1. The maximum atomic E-state index is 12.7. The molecule has 2 N–H and O–H groups in total.